The molecule has 3 N–H and O–H groups in total. The highest BCUT2D eigenvalue weighted by atomic mass is 35.5. The minimum atomic E-state index is -0.933. The van der Waals surface area contributed by atoms with Gasteiger partial charge in [0.05, 0.1) is 17.1 Å². The van der Waals surface area contributed by atoms with E-state index in [2.05, 4.69) is 10.6 Å². The van der Waals surface area contributed by atoms with Gasteiger partial charge in [-0.3, -0.25) is 4.79 Å². The maximum absolute atomic E-state index is 11.8. The number of carboxylic acids is 1. The van der Waals surface area contributed by atoms with Gasteiger partial charge in [-0.2, -0.15) is 0 Å². The van der Waals surface area contributed by atoms with Gasteiger partial charge in [0, 0.05) is 6.04 Å². The third-order valence-corrected chi connectivity index (χ3v) is 3.08. The summed E-state index contributed by atoms with van der Waals surface area (Å²) in [5.41, 5.74) is 1.50. The molecule has 20 heavy (non-hydrogen) atoms. The molecule has 0 saturated carbocycles. The van der Waals surface area contributed by atoms with Gasteiger partial charge in [0.2, 0.25) is 0 Å². The van der Waals surface area contributed by atoms with Crippen molar-refractivity contribution in [1.29, 1.82) is 0 Å². The van der Waals surface area contributed by atoms with E-state index in [4.69, 9.17) is 16.7 Å². The van der Waals surface area contributed by atoms with E-state index in [1.54, 1.807) is 12.1 Å². The van der Waals surface area contributed by atoms with E-state index in [-0.39, 0.29) is 12.5 Å². The Hall–Kier alpha value is -1.75. The lowest BCUT2D eigenvalue weighted by atomic mass is 10.1. The fourth-order valence-corrected chi connectivity index (χ4v) is 2.13. The van der Waals surface area contributed by atoms with Crippen LogP contribution in [0.3, 0.4) is 0 Å². The highest BCUT2D eigenvalue weighted by Gasteiger charge is 2.15. The van der Waals surface area contributed by atoms with Gasteiger partial charge < -0.3 is 15.7 Å². The average molecular weight is 299 g/mol. The molecule has 0 aliphatic carbocycles. The van der Waals surface area contributed by atoms with Gasteiger partial charge in [0.25, 0.3) is 0 Å². The lowest BCUT2D eigenvalue weighted by molar-refractivity contribution is -0.137. The van der Waals surface area contributed by atoms with Gasteiger partial charge in [-0.25, -0.2) is 4.79 Å². The number of carboxylic acid groups (broad SMARTS) is 1. The summed E-state index contributed by atoms with van der Waals surface area (Å²) in [5.74, 6) is -0.933. The Bertz CT molecular complexity index is 491. The van der Waals surface area contributed by atoms with Crippen molar-refractivity contribution in [2.24, 2.45) is 0 Å². The molecule has 0 bridgehead atoms. The molecule has 0 fully saturated rings. The summed E-state index contributed by atoms with van der Waals surface area (Å²) in [6.07, 6.45) is 1.31. The second-order valence-corrected chi connectivity index (χ2v) is 5.07. The van der Waals surface area contributed by atoms with Crippen molar-refractivity contribution in [2.75, 3.05) is 5.32 Å². The van der Waals surface area contributed by atoms with Crippen LogP contribution in [-0.2, 0) is 4.79 Å². The van der Waals surface area contributed by atoms with Crippen LogP contribution in [0.15, 0.2) is 18.2 Å². The van der Waals surface area contributed by atoms with Crippen LogP contribution >= 0.6 is 11.6 Å². The maximum Gasteiger partial charge on any atom is 0.319 e. The molecule has 5 nitrogen and oxygen atoms in total. The molecule has 0 aromatic heterocycles. The number of halogens is 1. The van der Waals surface area contributed by atoms with Crippen LogP contribution in [0.25, 0.3) is 0 Å². The monoisotopic (exact) mass is 298 g/mol. The second kappa shape index (κ2) is 7.75. The first-order chi connectivity index (χ1) is 9.42. The zero-order chi connectivity index (χ0) is 15.1. The van der Waals surface area contributed by atoms with Crippen LogP contribution in [0.4, 0.5) is 10.5 Å². The van der Waals surface area contributed by atoms with Crippen LogP contribution in [0.5, 0.6) is 0 Å². The SMILES string of the molecule is CCCC(CC(=O)O)NC(=O)Nc1ccc(C)cc1Cl. The van der Waals surface area contributed by atoms with Crippen molar-refractivity contribution < 1.29 is 14.7 Å². The molecule has 110 valence electrons. The molecule has 1 unspecified atom stereocenters. The smallest absolute Gasteiger partial charge is 0.319 e. The molecule has 6 heteroatoms. The van der Waals surface area contributed by atoms with E-state index < -0.39 is 12.0 Å². The Labute approximate surface area is 123 Å². The van der Waals surface area contributed by atoms with Crippen molar-refractivity contribution in [3.63, 3.8) is 0 Å². The fourth-order valence-electron chi connectivity index (χ4n) is 1.85. The van der Waals surface area contributed by atoms with E-state index >= 15 is 0 Å². The number of anilines is 1. The van der Waals surface area contributed by atoms with Crippen molar-refractivity contribution >= 4 is 29.3 Å². The third-order valence-electron chi connectivity index (χ3n) is 2.77. The van der Waals surface area contributed by atoms with Gasteiger partial charge in [-0.05, 0) is 31.0 Å². The molecule has 0 aliphatic rings. The number of aliphatic carboxylic acids is 1. The minimum absolute atomic E-state index is 0.0944. The summed E-state index contributed by atoms with van der Waals surface area (Å²) in [7, 11) is 0. The van der Waals surface area contributed by atoms with Crippen molar-refractivity contribution in [3.8, 4) is 0 Å². The lowest BCUT2D eigenvalue weighted by Crippen LogP contribution is -2.39. The normalized spacial score (nSPS) is 11.8. The van der Waals surface area contributed by atoms with Crippen molar-refractivity contribution in [3.05, 3.63) is 28.8 Å². The lowest BCUT2D eigenvalue weighted by Gasteiger charge is -2.17. The number of rotatable bonds is 6. The summed E-state index contributed by atoms with van der Waals surface area (Å²) in [6.45, 7) is 3.84. The number of benzene rings is 1. The first kappa shape index (κ1) is 16.3. The Balaban J connectivity index is 2.62. The minimum Gasteiger partial charge on any atom is -0.481 e. The van der Waals surface area contributed by atoms with E-state index in [0.29, 0.717) is 17.1 Å². The number of carbonyl (C=O) groups excluding carboxylic acids is 1. The Morgan fingerprint density at radius 3 is 2.65 bits per heavy atom. The van der Waals surface area contributed by atoms with E-state index in [9.17, 15) is 9.59 Å². The number of amides is 2. The first-order valence-corrected chi connectivity index (χ1v) is 6.85. The van der Waals surface area contributed by atoms with Gasteiger partial charge >= 0.3 is 12.0 Å². The molecular weight excluding hydrogens is 280 g/mol. The molecule has 1 aromatic rings. The number of aryl methyl sites for hydroxylation is 1. The molecule has 1 aromatic carbocycles. The predicted molar refractivity (Wildman–Crippen MR) is 79.3 cm³/mol. The van der Waals surface area contributed by atoms with Crippen LogP contribution in [0.1, 0.15) is 31.7 Å². The second-order valence-electron chi connectivity index (χ2n) is 4.67. The topological polar surface area (TPSA) is 78.4 Å². The highest BCUT2D eigenvalue weighted by molar-refractivity contribution is 6.33. The highest BCUT2D eigenvalue weighted by Crippen LogP contribution is 2.22. The molecule has 0 heterocycles. The molecular formula is C14H19ClN2O3. The van der Waals surface area contributed by atoms with E-state index in [0.717, 1.165) is 12.0 Å². The molecule has 0 saturated heterocycles. The first-order valence-electron chi connectivity index (χ1n) is 6.47. The Morgan fingerprint density at radius 2 is 2.10 bits per heavy atom. The Kier molecular flexibility index (Phi) is 6.31. The predicted octanol–water partition coefficient (Wildman–Crippen LogP) is 3.41. The number of nitrogens with one attached hydrogen (secondary N) is 2. The van der Waals surface area contributed by atoms with Crippen molar-refractivity contribution in [2.45, 2.75) is 39.2 Å². The Morgan fingerprint density at radius 1 is 1.40 bits per heavy atom. The van der Waals surface area contributed by atoms with Gasteiger partial charge in [-0.15, -0.1) is 0 Å². The van der Waals surface area contributed by atoms with Crippen LogP contribution in [0.2, 0.25) is 5.02 Å². The number of hydrogen-bond acceptors (Lipinski definition) is 2. The quantitative estimate of drug-likeness (QED) is 0.753. The maximum atomic E-state index is 11.8. The average Bonchev–Trinajstić information content (AvgIpc) is 2.32. The number of carbonyl (C=O) groups is 2. The van der Waals surface area contributed by atoms with Crippen LogP contribution in [-0.4, -0.2) is 23.1 Å². The standard InChI is InChI=1S/C14H19ClN2O3/c1-3-4-10(8-13(18)19)16-14(20)17-12-6-5-9(2)7-11(12)15/h5-7,10H,3-4,8H2,1-2H3,(H,18,19)(H2,16,17,20). The molecule has 0 spiro atoms. The summed E-state index contributed by atoms with van der Waals surface area (Å²) in [6, 6.07) is 4.46. The van der Waals surface area contributed by atoms with Crippen LogP contribution < -0.4 is 10.6 Å². The molecule has 0 aliphatic heterocycles. The van der Waals surface area contributed by atoms with Gasteiger partial charge in [0.1, 0.15) is 0 Å². The zero-order valence-electron chi connectivity index (χ0n) is 11.6. The summed E-state index contributed by atoms with van der Waals surface area (Å²) in [5, 5.41) is 14.5. The van der Waals surface area contributed by atoms with E-state index in [1.807, 2.05) is 19.9 Å². The summed E-state index contributed by atoms with van der Waals surface area (Å²) in [4.78, 5) is 22.6. The van der Waals surface area contributed by atoms with Crippen molar-refractivity contribution in [1.82, 2.24) is 5.32 Å². The number of urea groups is 1. The molecule has 1 atom stereocenters. The third kappa shape index (κ3) is 5.48. The van der Waals surface area contributed by atoms with Crippen LogP contribution in [0, 0.1) is 6.92 Å². The zero-order valence-corrected chi connectivity index (χ0v) is 12.3. The summed E-state index contributed by atoms with van der Waals surface area (Å²) >= 11 is 6.02. The number of hydrogen-bond donors (Lipinski definition) is 3. The molecule has 1 rings (SSSR count). The fraction of sp³-hybridized carbons (Fsp3) is 0.429. The molecule has 0 radical (unpaired) electrons. The summed E-state index contributed by atoms with van der Waals surface area (Å²) < 4.78 is 0. The molecule has 2 amide bonds. The largest absolute Gasteiger partial charge is 0.481 e. The van der Waals surface area contributed by atoms with Gasteiger partial charge in [0.15, 0.2) is 0 Å². The van der Waals surface area contributed by atoms with Gasteiger partial charge in [-0.1, -0.05) is 31.0 Å². The van der Waals surface area contributed by atoms with E-state index in [1.165, 1.54) is 0 Å².